The summed E-state index contributed by atoms with van der Waals surface area (Å²) in [7, 11) is 0. The number of amides is 2. The minimum Gasteiger partial charge on any atom is -0.366 e. The summed E-state index contributed by atoms with van der Waals surface area (Å²) in [5.41, 5.74) is 4.86. The maximum Gasteiger partial charge on any atom is 0.434 e. The van der Waals surface area contributed by atoms with E-state index in [0.717, 1.165) is 37.2 Å². The molecule has 0 bridgehead atoms. The molecule has 1 fully saturated rings. The van der Waals surface area contributed by atoms with Crippen molar-refractivity contribution in [1.29, 1.82) is 0 Å². The highest BCUT2D eigenvalue weighted by molar-refractivity contribution is 5.94. The Morgan fingerprint density at radius 3 is 2.39 bits per heavy atom. The van der Waals surface area contributed by atoms with E-state index in [0.29, 0.717) is 30.0 Å². The molecule has 2 aromatic heterocycles. The molecule has 4 aromatic rings. The Labute approximate surface area is 248 Å². The van der Waals surface area contributed by atoms with Crippen LogP contribution in [0.2, 0.25) is 0 Å². The van der Waals surface area contributed by atoms with Gasteiger partial charge in [0.05, 0.1) is 17.3 Å². The molecule has 0 spiro atoms. The SMILES string of the molecule is NC(=O)c1cc(-c2cccnc2C(Cc2cc(F)cc(F)c2)NC(=O)Cn2cc(C(F)(F)F)nc2C2CCCC2)ccc1F. The van der Waals surface area contributed by atoms with Crippen LogP contribution in [0.5, 0.6) is 0 Å². The standard InChI is InChI=1S/C31H27F6N5O2/c32-20-10-17(11-21(33)14-20)12-25(28-22(6-3-9-39-28)19-7-8-24(34)23(13-19)29(38)44)40-27(43)16-42-15-26(31(35,36)37)41-30(42)18-4-1-2-5-18/h3,6-11,13-15,18,25H,1-2,4-5,12,16H2,(H2,38,44)(H,40,43). The average Bonchev–Trinajstić information content (AvgIpc) is 3.62. The zero-order valence-electron chi connectivity index (χ0n) is 23.2. The summed E-state index contributed by atoms with van der Waals surface area (Å²) < 4.78 is 84.3. The lowest BCUT2D eigenvalue weighted by atomic mass is 9.94. The number of aromatic nitrogens is 3. The molecule has 0 saturated heterocycles. The van der Waals surface area contributed by atoms with Gasteiger partial charge in [0.15, 0.2) is 5.69 Å². The molecular formula is C31H27F6N5O2. The van der Waals surface area contributed by atoms with Crippen LogP contribution in [-0.2, 0) is 23.9 Å². The van der Waals surface area contributed by atoms with Crippen molar-refractivity contribution in [3.05, 3.63) is 107 Å². The molecule has 1 saturated carbocycles. The number of nitrogens with one attached hydrogen (secondary N) is 1. The summed E-state index contributed by atoms with van der Waals surface area (Å²) in [6.07, 6.45) is 0.300. The predicted octanol–water partition coefficient (Wildman–Crippen LogP) is 6.24. The van der Waals surface area contributed by atoms with Gasteiger partial charge >= 0.3 is 6.18 Å². The molecule has 230 valence electrons. The summed E-state index contributed by atoms with van der Waals surface area (Å²) in [4.78, 5) is 33.5. The second kappa shape index (κ2) is 12.5. The molecule has 5 rings (SSSR count). The first kappa shape index (κ1) is 30.8. The van der Waals surface area contributed by atoms with Crippen molar-refractivity contribution in [2.75, 3.05) is 0 Å². The van der Waals surface area contributed by atoms with Crippen LogP contribution in [-0.4, -0.2) is 26.3 Å². The molecule has 1 atom stereocenters. The third-order valence-electron chi connectivity index (χ3n) is 7.54. The van der Waals surface area contributed by atoms with Crippen LogP contribution in [0.3, 0.4) is 0 Å². The van der Waals surface area contributed by atoms with Crippen LogP contribution in [0.4, 0.5) is 26.3 Å². The van der Waals surface area contributed by atoms with E-state index in [1.54, 1.807) is 12.1 Å². The first-order valence-corrected chi connectivity index (χ1v) is 13.8. The van der Waals surface area contributed by atoms with Crippen molar-refractivity contribution in [3.8, 4) is 11.1 Å². The number of benzene rings is 2. The first-order chi connectivity index (χ1) is 20.9. The minimum absolute atomic E-state index is 0.162. The lowest BCUT2D eigenvalue weighted by molar-refractivity contribution is -0.141. The highest BCUT2D eigenvalue weighted by atomic mass is 19.4. The third-order valence-corrected chi connectivity index (χ3v) is 7.54. The largest absolute Gasteiger partial charge is 0.434 e. The Morgan fingerprint density at radius 2 is 1.73 bits per heavy atom. The zero-order chi connectivity index (χ0) is 31.6. The molecule has 0 aliphatic heterocycles. The minimum atomic E-state index is -4.71. The Kier molecular flexibility index (Phi) is 8.75. The number of imidazole rings is 1. The fourth-order valence-corrected chi connectivity index (χ4v) is 5.60. The number of alkyl halides is 3. The Hall–Kier alpha value is -4.68. The average molecular weight is 616 g/mol. The Bertz CT molecular complexity index is 1680. The maximum absolute atomic E-state index is 14.2. The molecule has 1 aliphatic carbocycles. The molecule has 2 aromatic carbocycles. The molecule has 1 aliphatic rings. The quantitative estimate of drug-likeness (QED) is 0.218. The maximum atomic E-state index is 14.2. The van der Waals surface area contributed by atoms with Crippen LogP contribution in [0.1, 0.15) is 70.8 Å². The van der Waals surface area contributed by atoms with Crippen LogP contribution < -0.4 is 11.1 Å². The molecule has 2 amide bonds. The molecule has 0 radical (unpaired) electrons. The van der Waals surface area contributed by atoms with Crippen molar-refractivity contribution in [2.24, 2.45) is 5.73 Å². The monoisotopic (exact) mass is 615 g/mol. The highest BCUT2D eigenvalue weighted by Crippen LogP contribution is 2.37. The highest BCUT2D eigenvalue weighted by Gasteiger charge is 2.36. The summed E-state index contributed by atoms with van der Waals surface area (Å²) in [6.45, 7) is -0.506. The third kappa shape index (κ3) is 6.92. The van der Waals surface area contributed by atoms with E-state index in [4.69, 9.17) is 5.73 Å². The van der Waals surface area contributed by atoms with E-state index in [-0.39, 0.29) is 35.0 Å². The van der Waals surface area contributed by atoms with Crippen LogP contribution in [0.25, 0.3) is 11.1 Å². The summed E-state index contributed by atoms with van der Waals surface area (Å²) in [5, 5.41) is 2.75. The smallest absolute Gasteiger partial charge is 0.366 e. The lowest BCUT2D eigenvalue weighted by Gasteiger charge is -2.22. The first-order valence-electron chi connectivity index (χ1n) is 13.8. The fourth-order valence-electron chi connectivity index (χ4n) is 5.60. The molecule has 3 N–H and O–H groups in total. The van der Waals surface area contributed by atoms with E-state index < -0.39 is 53.7 Å². The second-order valence-corrected chi connectivity index (χ2v) is 10.7. The van der Waals surface area contributed by atoms with Gasteiger partial charge in [-0.3, -0.25) is 14.6 Å². The van der Waals surface area contributed by atoms with Crippen molar-refractivity contribution in [1.82, 2.24) is 19.9 Å². The number of rotatable bonds is 9. The Morgan fingerprint density at radius 1 is 1.02 bits per heavy atom. The number of carbonyl (C=O) groups is 2. The zero-order valence-corrected chi connectivity index (χ0v) is 23.2. The summed E-state index contributed by atoms with van der Waals surface area (Å²) in [5.74, 6) is -4.32. The summed E-state index contributed by atoms with van der Waals surface area (Å²) >= 11 is 0. The van der Waals surface area contributed by atoms with Crippen molar-refractivity contribution < 1.29 is 35.9 Å². The molecule has 1 unspecified atom stereocenters. The van der Waals surface area contributed by atoms with Gasteiger partial charge in [0.25, 0.3) is 5.91 Å². The Balaban J connectivity index is 1.52. The topological polar surface area (TPSA) is 103 Å². The molecule has 7 nitrogen and oxygen atoms in total. The van der Waals surface area contributed by atoms with Crippen molar-refractivity contribution >= 4 is 11.8 Å². The van der Waals surface area contributed by atoms with Gasteiger partial charge in [-0.1, -0.05) is 25.0 Å². The van der Waals surface area contributed by atoms with E-state index in [1.165, 1.54) is 22.9 Å². The van der Waals surface area contributed by atoms with Crippen molar-refractivity contribution in [3.63, 3.8) is 0 Å². The van der Waals surface area contributed by atoms with Gasteiger partial charge in [0.2, 0.25) is 5.91 Å². The number of halogens is 6. The molecule has 2 heterocycles. The van der Waals surface area contributed by atoms with Gasteiger partial charge in [-0.2, -0.15) is 13.2 Å². The number of primary amides is 1. The van der Waals surface area contributed by atoms with E-state index in [9.17, 15) is 35.9 Å². The van der Waals surface area contributed by atoms with E-state index in [2.05, 4.69) is 15.3 Å². The van der Waals surface area contributed by atoms with Gasteiger partial charge in [0.1, 0.15) is 29.8 Å². The van der Waals surface area contributed by atoms with Gasteiger partial charge in [-0.25, -0.2) is 18.2 Å². The number of hydrogen-bond donors (Lipinski definition) is 2. The lowest BCUT2D eigenvalue weighted by Crippen LogP contribution is -2.34. The van der Waals surface area contributed by atoms with Crippen molar-refractivity contribution in [2.45, 2.75) is 56.8 Å². The normalized spacial score (nSPS) is 14.5. The molecular weight excluding hydrogens is 588 g/mol. The van der Waals surface area contributed by atoms with Gasteiger partial charge in [-0.05, 0) is 60.7 Å². The number of nitrogens with zero attached hydrogens (tertiary/aromatic N) is 3. The van der Waals surface area contributed by atoms with E-state index >= 15 is 0 Å². The number of hydrogen-bond acceptors (Lipinski definition) is 4. The van der Waals surface area contributed by atoms with E-state index in [1.807, 2.05) is 0 Å². The predicted molar refractivity (Wildman–Crippen MR) is 148 cm³/mol. The number of nitrogens with two attached hydrogens (primary N) is 1. The molecule has 13 heteroatoms. The number of pyridine rings is 1. The van der Waals surface area contributed by atoms with Gasteiger partial charge in [0, 0.05) is 29.9 Å². The van der Waals surface area contributed by atoms with Gasteiger partial charge in [-0.15, -0.1) is 0 Å². The second-order valence-electron chi connectivity index (χ2n) is 10.7. The van der Waals surface area contributed by atoms with Crippen LogP contribution >= 0.6 is 0 Å². The molecule has 44 heavy (non-hydrogen) atoms. The van der Waals surface area contributed by atoms with Crippen LogP contribution in [0, 0.1) is 17.5 Å². The number of carbonyl (C=O) groups excluding carboxylic acids is 2. The van der Waals surface area contributed by atoms with Gasteiger partial charge < -0.3 is 15.6 Å². The summed E-state index contributed by atoms with van der Waals surface area (Å²) in [6, 6.07) is 8.59. The van der Waals surface area contributed by atoms with Crippen LogP contribution in [0.15, 0.2) is 60.9 Å². The fraction of sp³-hybridized carbons (Fsp3) is 0.290.